The molecule has 0 bridgehead atoms. The zero-order valence-corrected chi connectivity index (χ0v) is 13.0. The van der Waals surface area contributed by atoms with E-state index >= 15 is 0 Å². The molecule has 0 aliphatic carbocycles. The topological polar surface area (TPSA) is 63.7 Å². The maximum Gasteiger partial charge on any atom is 0.332 e. The molecule has 0 N–H and O–H groups in total. The Labute approximate surface area is 129 Å². The molecule has 0 spiro atoms. The number of benzene rings is 1. The number of nitrogens with zero attached hydrogens (tertiary/aromatic N) is 1. The summed E-state index contributed by atoms with van der Waals surface area (Å²) in [4.78, 5) is 38.0. The molecule has 1 saturated heterocycles. The molecule has 1 aromatic carbocycles. The lowest BCUT2D eigenvalue weighted by Gasteiger charge is -2.23. The summed E-state index contributed by atoms with van der Waals surface area (Å²) in [6.07, 6.45) is 1.88. The van der Waals surface area contributed by atoms with Gasteiger partial charge in [0.2, 0.25) is 5.91 Å². The molecule has 1 heterocycles. The molecule has 1 atom stereocenters. The van der Waals surface area contributed by atoms with Crippen LogP contribution in [0, 0.1) is 5.41 Å². The highest BCUT2D eigenvalue weighted by Crippen LogP contribution is 2.44. The fourth-order valence-electron chi connectivity index (χ4n) is 2.78. The van der Waals surface area contributed by atoms with Gasteiger partial charge in [-0.15, -0.1) is 0 Å². The van der Waals surface area contributed by atoms with Gasteiger partial charge in [-0.25, -0.2) is 4.79 Å². The van der Waals surface area contributed by atoms with E-state index in [9.17, 15) is 14.4 Å². The lowest BCUT2D eigenvalue weighted by Crippen LogP contribution is -2.39. The standard InChI is InChI=1S/C17H19NO4/c1-4-17(12(2)19)11-14(10-15(20)22-3)18(16(17)21)13-8-6-5-7-9-13/h5-10H,4,11H2,1-3H3/b14-10+. The summed E-state index contributed by atoms with van der Waals surface area (Å²) >= 11 is 0. The van der Waals surface area contributed by atoms with Crippen LogP contribution in [0.3, 0.4) is 0 Å². The molecule has 0 aromatic heterocycles. The van der Waals surface area contributed by atoms with Gasteiger partial charge in [-0.3, -0.25) is 14.5 Å². The Kier molecular flexibility index (Phi) is 4.45. The number of methoxy groups -OCH3 is 1. The summed E-state index contributed by atoms with van der Waals surface area (Å²) < 4.78 is 4.66. The average molecular weight is 301 g/mol. The second-order valence-electron chi connectivity index (χ2n) is 5.30. The Hall–Kier alpha value is -2.43. The molecular formula is C17H19NO4. The summed E-state index contributed by atoms with van der Waals surface area (Å²) in [7, 11) is 1.28. The van der Waals surface area contributed by atoms with Crippen LogP contribution in [0.1, 0.15) is 26.7 Å². The van der Waals surface area contributed by atoms with Crippen molar-refractivity contribution < 1.29 is 19.1 Å². The molecule has 0 radical (unpaired) electrons. The molecule has 1 aliphatic heterocycles. The van der Waals surface area contributed by atoms with Crippen molar-refractivity contribution in [3.05, 3.63) is 42.1 Å². The number of hydrogen-bond donors (Lipinski definition) is 0. The first-order chi connectivity index (χ1) is 10.5. The lowest BCUT2D eigenvalue weighted by molar-refractivity contribution is -0.137. The molecule has 1 aromatic rings. The predicted molar refractivity (Wildman–Crippen MR) is 82.0 cm³/mol. The van der Waals surface area contributed by atoms with E-state index in [0.717, 1.165) is 0 Å². The van der Waals surface area contributed by atoms with Gasteiger partial charge in [0.25, 0.3) is 0 Å². The van der Waals surface area contributed by atoms with Crippen LogP contribution in [0.15, 0.2) is 42.1 Å². The fraction of sp³-hybridized carbons (Fsp3) is 0.353. The first-order valence-corrected chi connectivity index (χ1v) is 7.15. The Balaban J connectivity index is 2.56. The van der Waals surface area contributed by atoms with Crippen LogP contribution < -0.4 is 4.90 Å². The van der Waals surface area contributed by atoms with Crippen molar-refractivity contribution in [3.63, 3.8) is 0 Å². The number of para-hydroxylation sites is 1. The first-order valence-electron chi connectivity index (χ1n) is 7.15. The van der Waals surface area contributed by atoms with Crippen molar-refractivity contribution in [2.45, 2.75) is 26.7 Å². The van der Waals surface area contributed by atoms with E-state index < -0.39 is 11.4 Å². The van der Waals surface area contributed by atoms with Crippen LogP contribution in [0.5, 0.6) is 0 Å². The largest absolute Gasteiger partial charge is 0.466 e. The third kappa shape index (κ3) is 2.54. The third-order valence-corrected chi connectivity index (χ3v) is 4.16. The molecule has 2 rings (SSSR count). The van der Waals surface area contributed by atoms with Crippen LogP contribution in [-0.4, -0.2) is 24.8 Å². The number of carbonyl (C=O) groups is 3. The number of rotatable bonds is 4. The van der Waals surface area contributed by atoms with Gasteiger partial charge in [-0.2, -0.15) is 0 Å². The Morgan fingerprint density at radius 3 is 2.45 bits per heavy atom. The van der Waals surface area contributed by atoms with Gasteiger partial charge in [-0.1, -0.05) is 25.1 Å². The minimum Gasteiger partial charge on any atom is -0.466 e. The third-order valence-electron chi connectivity index (χ3n) is 4.16. The SMILES string of the molecule is CCC1(C(C)=O)C/C(=C\C(=O)OC)N(c2ccccc2)C1=O. The molecule has 1 unspecified atom stereocenters. The van der Waals surface area contributed by atoms with Gasteiger partial charge in [0, 0.05) is 23.9 Å². The lowest BCUT2D eigenvalue weighted by atomic mass is 9.79. The van der Waals surface area contributed by atoms with E-state index in [1.54, 1.807) is 24.3 Å². The van der Waals surface area contributed by atoms with Gasteiger partial charge in [-0.05, 0) is 25.5 Å². The Morgan fingerprint density at radius 1 is 1.32 bits per heavy atom. The van der Waals surface area contributed by atoms with Crippen molar-refractivity contribution in [2.24, 2.45) is 5.41 Å². The van der Waals surface area contributed by atoms with E-state index in [4.69, 9.17) is 0 Å². The quantitative estimate of drug-likeness (QED) is 0.487. The van der Waals surface area contributed by atoms with E-state index in [-0.39, 0.29) is 18.1 Å². The van der Waals surface area contributed by atoms with Crippen molar-refractivity contribution in [3.8, 4) is 0 Å². The highest BCUT2D eigenvalue weighted by Gasteiger charge is 2.52. The second kappa shape index (κ2) is 6.13. The number of esters is 1. The van der Waals surface area contributed by atoms with Crippen LogP contribution in [0.2, 0.25) is 0 Å². The zero-order valence-electron chi connectivity index (χ0n) is 13.0. The number of anilines is 1. The van der Waals surface area contributed by atoms with Crippen LogP contribution in [-0.2, 0) is 19.1 Å². The monoisotopic (exact) mass is 301 g/mol. The number of carbonyl (C=O) groups excluding carboxylic acids is 3. The van der Waals surface area contributed by atoms with E-state index in [1.807, 2.05) is 13.0 Å². The highest BCUT2D eigenvalue weighted by molar-refractivity contribution is 6.16. The van der Waals surface area contributed by atoms with Crippen molar-refractivity contribution in [2.75, 3.05) is 12.0 Å². The fourth-order valence-corrected chi connectivity index (χ4v) is 2.78. The van der Waals surface area contributed by atoms with E-state index in [0.29, 0.717) is 17.8 Å². The maximum atomic E-state index is 12.9. The molecule has 116 valence electrons. The zero-order chi connectivity index (χ0) is 16.3. The first kappa shape index (κ1) is 15.9. The van der Waals surface area contributed by atoms with Crippen molar-refractivity contribution >= 4 is 23.3 Å². The summed E-state index contributed by atoms with van der Waals surface area (Å²) in [5.74, 6) is -1.02. The van der Waals surface area contributed by atoms with Crippen LogP contribution in [0.25, 0.3) is 0 Å². The average Bonchev–Trinajstić information content (AvgIpc) is 2.81. The van der Waals surface area contributed by atoms with E-state index in [1.165, 1.54) is 25.0 Å². The van der Waals surface area contributed by atoms with Crippen LogP contribution in [0.4, 0.5) is 5.69 Å². The molecule has 22 heavy (non-hydrogen) atoms. The van der Waals surface area contributed by atoms with Gasteiger partial charge in [0.1, 0.15) is 11.2 Å². The van der Waals surface area contributed by atoms with E-state index in [2.05, 4.69) is 4.74 Å². The predicted octanol–water partition coefficient (Wildman–Crippen LogP) is 2.47. The normalized spacial score (nSPS) is 23.0. The number of ether oxygens (including phenoxy) is 1. The second-order valence-corrected chi connectivity index (χ2v) is 5.30. The molecule has 0 saturated carbocycles. The Morgan fingerprint density at radius 2 is 1.95 bits per heavy atom. The summed E-state index contributed by atoms with van der Waals surface area (Å²) in [6, 6.07) is 8.99. The Bertz CT molecular complexity index is 635. The molecule has 1 aliphatic rings. The smallest absolute Gasteiger partial charge is 0.332 e. The summed E-state index contributed by atoms with van der Waals surface area (Å²) in [5, 5.41) is 0. The van der Waals surface area contributed by atoms with Crippen molar-refractivity contribution in [1.82, 2.24) is 0 Å². The highest BCUT2D eigenvalue weighted by atomic mass is 16.5. The van der Waals surface area contributed by atoms with Crippen molar-refractivity contribution in [1.29, 1.82) is 0 Å². The number of ketones is 1. The molecule has 5 nitrogen and oxygen atoms in total. The number of allylic oxidation sites excluding steroid dienone is 1. The van der Waals surface area contributed by atoms with Gasteiger partial charge in [0.15, 0.2) is 0 Å². The summed E-state index contributed by atoms with van der Waals surface area (Å²) in [5.41, 5.74) is 0.0229. The van der Waals surface area contributed by atoms with Gasteiger partial charge < -0.3 is 4.74 Å². The number of Topliss-reactive ketones (excluding diaryl/α,β-unsaturated/α-hetero) is 1. The minimum absolute atomic E-state index is 0.186. The number of amides is 1. The van der Waals surface area contributed by atoms with Crippen LogP contribution >= 0.6 is 0 Å². The summed E-state index contributed by atoms with van der Waals surface area (Å²) in [6.45, 7) is 3.23. The molecule has 5 heteroatoms. The molecule has 1 fully saturated rings. The number of hydrogen-bond acceptors (Lipinski definition) is 4. The minimum atomic E-state index is -1.10. The molecular weight excluding hydrogens is 282 g/mol. The van der Waals surface area contributed by atoms with Gasteiger partial charge >= 0.3 is 5.97 Å². The maximum absolute atomic E-state index is 12.9. The molecule has 1 amide bonds. The van der Waals surface area contributed by atoms with Gasteiger partial charge in [0.05, 0.1) is 7.11 Å².